The third-order valence-corrected chi connectivity index (χ3v) is 5.21. The molecule has 112 valence electrons. The third kappa shape index (κ3) is 2.57. The molecule has 1 amide bonds. The summed E-state index contributed by atoms with van der Waals surface area (Å²) in [7, 11) is 0. The highest BCUT2D eigenvalue weighted by molar-refractivity contribution is 9.10. The first-order valence-electron chi connectivity index (χ1n) is 7.25. The molecule has 0 spiro atoms. The van der Waals surface area contributed by atoms with Gasteiger partial charge < -0.3 is 10.0 Å². The van der Waals surface area contributed by atoms with Crippen LogP contribution in [0.2, 0.25) is 0 Å². The number of hydrogen-bond acceptors (Lipinski definition) is 3. The number of rotatable bonds is 2. The number of halogens is 1. The monoisotopic (exact) mass is 352 g/mol. The number of carboxylic acids is 1. The summed E-state index contributed by atoms with van der Waals surface area (Å²) in [6.45, 7) is 0. The molecule has 0 aromatic carbocycles. The van der Waals surface area contributed by atoms with E-state index in [0.717, 1.165) is 25.7 Å². The molecule has 6 heteroatoms. The predicted molar refractivity (Wildman–Crippen MR) is 79.9 cm³/mol. The van der Waals surface area contributed by atoms with Crippen molar-refractivity contribution in [1.29, 1.82) is 0 Å². The minimum atomic E-state index is -0.912. The molecule has 1 saturated heterocycles. The fourth-order valence-corrected chi connectivity index (χ4v) is 4.06. The lowest BCUT2D eigenvalue weighted by Gasteiger charge is -2.32. The number of nitrogens with zero attached hydrogens (tertiary/aromatic N) is 2. The second kappa shape index (κ2) is 5.75. The molecule has 21 heavy (non-hydrogen) atoms. The number of carbonyl (C=O) groups excluding carboxylic acids is 1. The zero-order valence-electron chi connectivity index (χ0n) is 11.5. The van der Waals surface area contributed by atoms with Crippen molar-refractivity contribution in [2.24, 2.45) is 5.92 Å². The first-order chi connectivity index (χ1) is 10.1. The predicted octanol–water partition coefficient (Wildman–Crippen LogP) is 2.70. The van der Waals surface area contributed by atoms with Gasteiger partial charge in [-0.15, -0.1) is 0 Å². The van der Waals surface area contributed by atoms with E-state index in [1.807, 2.05) is 0 Å². The molecule has 2 fully saturated rings. The second-order valence-corrected chi connectivity index (χ2v) is 6.60. The number of carboxylic acid groups (broad SMARTS) is 1. The molecule has 1 aliphatic carbocycles. The first kappa shape index (κ1) is 14.5. The molecule has 1 N–H and O–H groups in total. The van der Waals surface area contributed by atoms with Crippen LogP contribution in [-0.2, 0) is 4.79 Å². The zero-order chi connectivity index (χ0) is 15.0. The van der Waals surface area contributed by atoms with Gasteiger partial charge in [-0.3, -0.25) is 4.79 Å². The molecule has 5 nitrogen and oxygen atoms in total. The van der Waals surface area contributed by atoms with Crippen molar-refractivity contribution in [1.82, 2.24) is 9.88 Å². The van der Waals surface area contributed by atoms with Crippen molar-refractivity contribution in [2.45, 2.75) is 44.2 Å². The molecular formula is C15H17BrN2O3. The maximum atomic E-state index is 12.8. The minimum Gasteiger partial charge on any atom is -0.480 e. The Bertz CT molecular complexity index is 578. The van der Waals surface area contributed by atoms with Gasteiger partial charge in [0.25, 0.3) is 5.91 Å². The highest BCUT2D eigenvalue weighted by Gasteiger charge is 2.48. The summed E-state index contributed by atoms with van der Waals surface area (Å²) in [6.07, 6.45) is 6.22. The largest absolute Gasteiger partial charge is 0.480 e. The van der Waals surface area contributed by atoms with Crippen LogP contribution in [0.25, 0.3) is 0 Å². The van der Waals surface area contributed by atoms with E-state index in [9.17, 15) is 14.7 Å². The topological polar surface area (TPSA) is 70.5 Å². The van der Waals surface area contributed by atoms with Gasteiger partial charge >= 0.3 is 5.97 Å². The van der Waals surface area contributed by atoms with Gasteiger partial charge in [-0.05, 0) is 53.2 Å². The van der Waals surface area contributed by atoms with Crippen LogP contribution in [0.5, 0.6) is 0 Å². The van der Waals surface area contributed by atoms with E-state index in [1.54, 1.807) is 23.2 Å². The van der Waals surface area contributed by atoms with Crippen molar-refractivity contribution in [3.05, 3.63) is 28.5 Å². The Hall–Kier alpha value is -1.43. The van der Waals surface area contributed by atoms with Crippen molar-refractivity contribution in [3.8, 4) is 0 Å². The highest BCUT2D eigenvalue weighted by Crippen LogP contribution is 2.40. The number of amides is 1. The number of likely N-dealkylation sites (tertiary alicyclic amines) is 1. The third-order valence-electron chi connectivity index (χ3n) is 4.57. The Morgan fingerprint density at radius 2 is 2.10 bits per heavy atom. The van der Waals surface area contributed by atoms with Gasteiger partial charge in [-0.25, -0.2) is 9.78 Å². The second-order valence-electron chi connectivity index (χ2n) is 5.75. The van der Waals surface area contributed by atoms with Crippen LogP contribution >= 0.6 is 15.9 Å². The maximum Gasteiger partial charge on any atom is 0.326 e. The smallest absolute Gasteiger partial charge is 0.326 e. The Morgan fingerprint density at radius 3 is 2.81 bits per heavy atom. The van der Waals surface area contributed by atoms with E-state index in [4.69, 9.17) is 0 Å². The lowest BCUT2D eigenvalue weighted by Crippen LogP contribution is -2.46. The van der Waals surface area contributed by atoms with Crippen LogP contribution in [0.3, 0.4) is 0 Å². The van der Waals surface area contributed by atoms with Crippen LogP contribution in [-0.4, -0.2) is 39.0 Å². The van der Waals surface area contributed by atoms with E-state index in [2.05, 4.69) is 20.9 Å². The number of hydrogen-bond donors (Lipinski definition) is 1. The quantitative estimate of drug-likeness (QED) is 0.888. The molecule has 0 bridgehead atoms. The summed E-state index contributed by atoms with van der Waals surface area (Å²) in [6, 6.07) is 2.81. The minimum absolute atomic E-state index is 0.0428. The average Bonchev–Trinajstić information content (AvgIpc) is 2.86. The van der Waals surface area contributed by atoms with E-state index >= 15 is 0 Å². The number of carbonyl (C=O) groups is 2. The van der Waals surface area contributed by atoms with E-state index in [-0.39, 0.29) is 11.9 Å². The van der Waals surface area contributed by atoms with Crippen molar-refractivity contribution in [3.63, 3.8) is 0 Å². The van der Waals surface area contributed by atoms with Gasteiger partial charge in [0.05, 0.1) is 0 Å². The Labute approximate surface area is 131 Å². The van der Waals surface area contributed by atoms with Crippen LogP contribution in [0.1, 0.15) is 42.6 Å². The average molecular weight is 353 g/mol. The Balaban J connectivity index is 1.95. The van der Waals surface area contributed by atoms with Gasteiger partial charge in [0.1, 0.15) is 11.7 Å². The molecule has 1 aromatic heterocycles. The molecule has 1 saturated carbocycles. The molecular weight excluding hydrogens is 336 g/mol. The van der Waals surface area contributed by atoms with Gasteiger partial charge in [0.15, 0.2) is 0 Å². The van der Waals surface area contributed by atoms with Crippen molar-refractivity contribution in [2.75, 3.05) is 0 Å². The van der Waals surface area contributed by atoms with E-state index in [1.165, 1.54) is 0 Å². The zero-order valence-corrected chi connectivity index (χ0v) is 13.1. The molecule has 1 aromatic rings. The summed E-state index contributed by atoms with van der Waals surface area (Å²) in [5.74, 6) is -0.875. The van der Waals surface area contributed by atoms with Gasteiger partial charge in [0.2, 0.25) is 0 Å². The summed E-state index contributed by atoms with van der Waals surface area (Å²) in [5, 5.41) is 9.47. The fraction of sp³-hybridized carbons (Fsp3) is 0.533. The number of aromatic nitrogens is 1. The molecule has 2 aliphatic rings. The van der Waals surface area contributed by atoms with Crippen molar-refractivity contribution >= 4 is 27.8 Å². The number of aliphatic carboxylic acids is 1. The fourth-order valence-electron chi connectivity index (χ4n) is 3.64. The SMILES string of the molecule is O=C(O)C1CC2CCCCC2N1C(=O)c1ncccc1Br. The Kier molecular flexibility index (Phi) is 3.97. The van der Waals surface area contributed by atoms with Crippen LogP contribution in [0.15, 0.2) is 22.8 Å². The lowest BCUT2D eigenvalue weighted by atomic mass is 9.84. The first-order valence-corrected chi connectivity index (χ1v) is 8.05. The van der Waals surface area contributed by atoms with Gasteiger partial charge in [-0.1, -0.05) is 12.8 Å². The molecule has 3 unspecified atom stereocenters. The summed E-state index contributed by atoms with van der Waals surface area (Å²) in [5.41, 5.74) is 0.301. The van der Waals surface area contributed by atoms with Crippen LogP contribution < -0.4 is 0 Å². The molecule has 0 radical (unpaired) electrons. The van der Waals surface area contributed by atoms with Gasteiger partial charge in [-0.2, -0.15) is 0 Å². The normalized spacial score (nSPS) is 28.2. The highest BCUT2D eigenvalue weighted by atomic mass is 79.9. The lowest BCUT2D eigenvalue weighted by molar-refractivity contribution is -0.141. The molecule has 3 rings (SSSR count). The van der Waals surface area contributed by atoms with Crippen LogP contribution in [0, 0.1) is 5.92 Å². The molecule has 3 atom stereocenters. The molecule has 1 aliphatic heterocycles. The van der Waals surface area contributed by atoms with Crippen molar-refractivity contribution < 1.29 is 14.7 Å². The number of fused-ring (bicyclic) bond motifs is 1. The van der Waals surface area contributed by atoms with Gasteiger partial charge in [0, 0.05) is 16.7 Å². The van der Waals surface area contributed by atoms with Crippen LogP contribution in [0.4, 0.5) is 0 Å². The number of pyridine rings is 1. The molecule has 2 heterocycles. The summed E-state index contributed by atoms with van der Waals surface area (Å²) < 4.78 is 0.610. The standard InChI is InChI=1S/C15H17BrN2O3/c16-10-5-3-7-17-13(10)14(19)18-11-6-2-1-4-9(11)8-12(18)15(20)21/h3,5,7,9,11-12H,1-2,4,6,8H2,(H,20,21). The summed E-state index contributed by atoms with van der Waals surface area (Å²) in [4.78, 5) is 30.0. The maximum absolute atomic E-state index is 12.8. The van der Waals surface area contributed by atoms with E-state index < -0.39 is 12.0 Å². The van der Waals surface area contributed by atoms with E-state index in [0.29, 0.717) is 22.5 Å². The summed E-state index contributed by atoms with van der Waals surface area (Å²) >= 11 is 3.33. The Morgan fingerprint density at radius 1 is 1.33 bits per heavy atom.